The highest BCUT2D eigenvalue weighted by molar-refractivity contribution is 6.00. The number of hydrogen-bond donors (Lipinski definition) is 3. The summed E-state index contributed by atoms with van der Waals surface area (Å²) in [5, 5.41) is 3.26. The average molecular weight is 469 g/mol. The van der Waals surface area contributed by atoms with Gasteiger partial charge in [-0.15, -0.1) is 0 Å². The second-order valence-corrected chi connectivity index (χ2v) is 10.0. The Morgan fingerprint density at radius 1 is 1.26 bits per heavy atom. The van der Waals surface area contributed by atoms with Crippen molar-refractivity contribution in [2.75, 3.05) is 11.9 Å². The lowest BCUT2D eigenvalue weighted by atomic mass is 9.75. The normalized spacial score (nSPS) is 21.6. The standard InChI is InChI=1S/C24H32N6O4/c1-13-12-30(15-8-24(2,3)9-16(31)20(13)15)18-11-27-21(22(26)33)23(29-18)28-14-6-4-5-7-17(14)34-19(32)10-25/h11-12,14,17H,4-10,25H2,1-3H3,(H2,26,33)(H,28,29). The van der Waals surface area contributed by atoms with Crippen molar-refractivity contribution in [1.82, 2.24) is 14.5 Å². The molecule has 1 fully saturated rings. The molecule has 182 valence electrons. The van der Waals surface area contributed by atoms with Crippen LogP contribution in [0.5, 0.6) is 0 Å². The van der Waals surface area contributed by atoms with Gasteiger partial charge in [-0.25, -0.2) is 9.97 Å². The van der Waals surface area contributed by atoms with E-state index in [1.807, 2.05) is 17.7 Å². The molecular weight excluding hydrogens is 436 g/mol. The van der Waals surface area contributed by atoms with E-state index in [1.165, 1.54) is 6.20 Å². The third-order valence-electron chi connectivity index (χ3n) is 6.57. The number of esters is 1. The van der Waals surface area contributed by atoms with Crippen molar-refractivity contribution < 1.29 is 19.1 Å². The molecule has 34 heavy (non-hydrogen) atoms. The Balaban J connectivity index is 1.72. The molecule has 1 amide bonds. The molecule has 0 aliphatic heterocycles. The van der Waals surface area contributed by atoms with Crippen LogP contribution in [-0.4, -0.2) is 50.9 Å². The molecule has 5 N–H and O–H groups in total. The number of hydrogen-bond acceptors (Lipinski definition) is 8. The molecule has 2 unspecified atom stereocenters. The van der Waals surface area contributed by atoms with E-state index in [9.17, 15) is 14.4 Å². The van der Waals surface area contributed by atoms with E-state index in [1.54, 1.807) is 0 Å². The van der Waals surface area contributed by atoms with E-state index in [4.69, 9.17) is 21.2 Å². The van der Waals surface area contributed by atoms with Crippen LogP contribution in [0.2, 0.25) is 0 Å². The molecule has 2 atom stereocenters. The predicted octanol–water partition coefficient (Wildman–Crippen LogP) is 2.05. The summed E-state index contributed by atoms with van der Waals surface area (Å²) in [7, 11) is 0. The van der Waals surface area contributed by atoms with Crippen molar-refractivity contribution in [3.63, 3.8) is 0 Å². The van der Waals surface area contributed by atoms with Crippen LogP contribution in [0.1, 0.15) is 78.1 Å². The Morgan fingerprint density at radius 3 is 2.71 bits per heavy atom. The number of nitrogens with two attached hydrogens (primary N) is 2. The molecule has 1 saturated carbocycles. The van der Waals surface area contributed by atoms with Gasteiger partial charge in [-0.05, 0) is 43.6 Å². The highest BCUT2D eigenvalue weighted by atomic mass is 16.5. The molecule has 2 aliphatic rings. The van der Waals surface area contributed by atoms with Gasteiger partial charge in [-0.1, -0.05) is 20.3 Å². The van der Waals surface area contributed by atoms with E-state index in [2.05, 4.69) is 24.1 Å². The summed E-state index contributed by atoms with van der Waals surface area (Å²) in [6, 6.07) is -0.257. The molecule has 10 heteroatoms. The van der Waals surface area contributed by atoms with Crippen molar-refractivity contribution in [2.45, 2.75) is 71.4 Å². The smallest absolute Gasteiger partial charge is 0.320 e. The molecule has 2 heterocycles. The summed E-state index contributed by atoms with van der Waals surface area (Å²) in [5.74, 6) is -0.361. The van der Waals surface area contributed by atoms with Crippen LogP contribution in [0.15, 0.2) is 12.4 Å². The number of rotatable bonds is 6. The van der Waals surface area contributed by atoms with E-state index in [-0.39, 0.29) is 35.3 Å². The first-order valence-electron chi connectivity index (χ1n) is 11.7. The summed E-state index contributed by atoms with van der Waals surface area (Å²) >= 11 is 0. The lowest BCUT2D eigenvalue weighted by Crippen LogP contribution is -2.41. The molecule has 2 aromatic heterocycles. The number of anilines is 1. The van der Waals surface area contributed by atoms with Gasteiger partial charge >= 0.3 is 5.97 Å². The SMILES string of the molecule is Cc1cn(-c2cnc(C(N)=O)c(NC3CCCCC3OC(=O)CN)n2)c2c1C(=O)CC(C)(C)C2. The molecule has 2 aliphatic carbocycles. The maximum atomic E-state index is 12.8. The lowest BCUT2D eigenvalue weighted by molar-refractivity contribution is -0.149. The number of ether oxygens (including phenoxy) is 1. The van der Waals surface area contributed by atoms with E-state index >= 15 is 0 Å². The Labute approximate surface area is 198 Å². The van der Waals surface area contributed by atoms with Crippen molar-refractivity contribution in [2.24, 2.45) is 16.9 Å². The van der Waals surface area contributed by atoms with Crippen molar-refractivity contribution in [3.8, 4) is 5.82 Å². The van der Waals surface area contributed by atoms with Crippen LogP contribution >= 0.6 is 0 Å². The molecule has 0 bridgehead atoms. The van der Waals surface area contributed by atoms with Gasteiger partial charge in [-0.3, -0.25) is 14.4 Å². The Kier molecular flexibility index (Phi) is 6.44. The van der Waals surface area contributed by atoms with Crippen LogP contribution in [0.4, 0.5) is 5.82 Å². The van der Waals surface area contributed by atoms with Gasteiger partial charge in [0.2, 0.25) is 0 Å². The first-order valence-corrected chi connectivity index (χ1v) is 11.7. The number of ketones is 1. The first kappa shape index (κ1) is 23.9. The van der Waals surface area contributed by atoms with Gasteiger partial charge in [0.1, 0.15) is 6.10 Å². The summed E-state index contributed by atoms with van der Waals surface area (Å²) < 4.78 is 7.39. The zero-order valence-electron chi connectivity index (χ0n) is 19.9. The van der Waals surface area contributed by atoms with Gasteiger partial charge in [0, 0.05) is 23.9 Å². The summed E-state index contributed by atoms with van der Waals surface area (Å²) in [6.45, 7) is 5.86. The first-order chi connectivity index (χ1) is 16.1. The number of nitrogens with one attached hydrogen (secondary N) is 1. The minimum Gasteiger partial charge on any atom is -0.459 e. The largest absolute Gasteiger partial charge is 0.459 e. The van der Waals surface area contributed by atoms with Crippen molar-refractivity contribution in [1.29, 1.82) is 0 Å². The van der Waals surface area contributed by atoms with Gasteiger partial charge < -0.3 is 26.1 Å². The monoisotopic (exact) mass is 468 g/mol. The van der Waals surface area contributed by atoms with Crippen LogP contribution < -0.4 is 16.8 Å². The minimum atomic E-state index is -0.713. The van der Waals surface area contributed by atoms with Gasteiger partial charge in [0.25, 0.3) is 5.91 Å². The third-order valence-corrected chi connectivity index (χ3v) is 6.57. The molecule has 4 rings (SSSR count). The fourth-order valence-electron chi connectivity index (χ4n) is 5.05. The molecule has 0 radical (unpaired) electrons. The van der Waals surface area contributed by atoms with E-state index < -0.39 is 18.0 Å². The number of nitrogens with zero attached hydrogens (tertiary/aromatic N) is 3. The fraction of sp³-hybridized carbons (Fsp3) is 0.542. The second-order valence-electron chi connectivity index (χ2n) is 10.0. The Bertz CT molecular complexity index is 1140. The van der Waals surface area contributed by atoms with Crippen LogP contribution in [-0.2, 0) is 16.0 Å². The summed E-state index contributed by atoms with van der Waals surface area (Å²) in [4.78, 5) is 45.7. The lowest BCUT2D eigenvalue weighted by Gasteiger charge is -2.32. The zero-order chi connectivity index (χ0) is 24.6. The Hall–Kier alpha value is -3.27. The van der Waals surface area contributed by atoms with Crippen molar-refractivity contribution >= 4 is 23.5 Å². The van der Waals surface area contributed by atoms with E-state index in [0.717, 1.165) is 36.1 Å². The van der Waals surface area contributed by atoms with Crippen LogP contribution in [0.3, 0.4) is 0 Å². The predicted molar refractivity (Wildman–Crippen MR) is 126 cm³/mol. The maximum absolute atomic E-state index is 12.8. The van der Waals surface area contributed by atoms with Gasteiger partial charge in [0.15, 0.2) is 23.1 Å². The number of aromatic nitrogens is 3. The molecule has 10 nitrogen and oxygen atoms in total. The highest BCUT2D eigenvalue weighted by Gasteiger charge is 2.35. The second kappa shape index (κ2) is 9.17. The molecule has 0 spiro atoms. The van der Waals surface area contributed by atoms with Crippen LogP contribution in [0.25, 0.3) is 5.82 Å². The third kappa shape index (κ3) is 4.68. The highest BCUT2D eigenvalue weighted by Crippen LogP contribution is 2.38. The number of amides is 1. The maximum Gasteiger partial charge on any atom is 0.320 e. The van der Waals surface area contributed by atoms with Crippen LogP contribution in [0, 0.1) is 12.3 Å². The number of primary amides is 1. The average Bonchev–Trinajstić information content (AvgIpc) is 3.09. The summed E-state index contributed by atoms with van der Waals surface area (Å²) in [6.07, 6.45) is 7.46. The fourth-order valence-corrected chi connectivity index (χ4v) is 5.05. The number of carbonyl (C=O) groups excluding carboxylic acids is 3. The zero-order valence-corrected chi connectivity index (χ0v) is 19.9. The summed E-state index contributed by atoms with van der Waals surface area (Å²) in [5.41, 5.74) is 13.3. The quantitative estimate of drug-likeness (QED) is 0.544. The van der Waals surface area contributed by atoms with E-state index in [0.29, 0.717) is 25.1 Å². The number of Topliss-reactive ketones (excluding diaryl/α,β-unsaturated/α-hetero) is 1. The van der Waals surface area contributed by atoms with Gasteiger partial charge in [-0.2, -0.15) is 0 Å². The molecule has 0 saturated heterocycles. The van der Waals surface area contributed by atoms with Gasteiger partial charge in [0.05, 0.1) is 18.8 Å². The molecule has 0 aromatic carbocycles. The Morgan fingerprint density at radius 2 is 2.00 bits per heavy atom. The number of carbonyl (C=O) groups is 3. The minimum absolute atomic E-state index is 0.00683. The number of fused-ring (bicyclic) bond motifs is 1. The molecule has 2 aromatic rings. The van der Waals surface area contributed by atoms with Crippen molar-refractivity contribution in [3.05, 3.63) is 34.9 Å². The topological polar surface area (TPSA) is 155 Å². The molecular formula is C24H32N6O4. The number of aryl methyl sites for hydroxylation is 1.